The van der Waals surface area contributed by atoms with E-state index in [1.54, 1.807) is 0 Å². The molecule has 0 saturated heterocycles. The third-order valence-corrected chi connectivity index (χ3v) is 4.87. The molecule has 0 atom stereocenters. The fourth-order valence-corrected chi connectivity index (χ4v) is 2.71. The molecule has 1 aliphatic rings. The van der Waals surface area contributed by atoms with Crippen molar-refractivity contribution in [1.29, 1.82) is 0 Å². The highest BCUT2D eigenvalue weighted by Gasteiger charge is 2.64. The monoisotopic (exact) mass is 255 g/mol. The molecule has 0 aromatic heterocycles. The highest BCUT2D eigenvalue weighted by molar-refractivity contribution is 5.76. The molecule has 4 nitrogen and oxygen atoms in total. The summed E-state index contributed by atoms with van der Waals surface area (Å²) in [5, 5.41) is 11.4. The molecule has 0 heterocycles. The van der Waals surface area contributed by atoms with Gasteiger partial charge in [-0.25, -0.2) is 0 Å². The van der Waals surface area contributed by atoms with E-state index in [-0.39, 0.29) is 12.3 Å². The van der Waals surface area contributed by atoms with Gasteiger partial charge in [0.05, 0.1) is 0 Å². The second-order valence-electron chi connectivity index (χ2n) is 6.40. The van der Waals surface area contributed by atoms with E-state index in [4.69, 9.17) is 5.11 Å². The minimum atomic E-state index is -0.795. The average Bonchev–Trinajstić information content (AvgIpc) is 2.62. The van der Waals surface area contributed by atoms with Crippen LogP contribution in [0.1, 0.15) is 53.4 Å². The van der Waals surface area contributed by atoms with Gasteiger partial charge in [0.2, 0.25) is 5.91 Å². The summed E-state index contributed by atoms with van der Waals surface area (Å²) in [6.45, 7) is 9.67. The van der Waals surface area contributed by atoms with Crippen LogP contribution >= 0.6 is 0 Å². The largest absolute Gasteiger partial charge is 0.481 e. The number of carboxylic acids is 1. The first kappa shape index (κ1) is 15.0. The molecule has 0 aliphatic heterocycles. The van der Waals surface area contributed by atoms with Gasteiger partial charge in [0, 0.05) is 19.4 Å². The molecular weight excluding hydrogens is 230 g/mol. The average molecular weight is 255 g/mol. The summed E-state index contributed by atoms with van der Waals surface area (Å²) in [7, 11) is 0. The molecule has 1 rings (SSSR count). The van der Waals surface area contributed by atoms with Gasteiger partial charge in [-0.3, -0.25) is 9.59 Å². The molecule has 1 amide bonds. The molecule has 18 heavy (non-hydrogen) atoms. The fraction of sp³-hybridized carbons (Fsp3) is 0.857. The van der Waals surface area contributed by atoms with Crippen LogP contribution in [0.5, 0.6) is 0 Å². The number of carbonyl (C=O) groups excluding carboxylic acids is 1. The van der Waals surface area contributed by atoms with Crippen molar-refractivity contribution in [1.82, 2.24) is 5.32 Å². The van der Waals surface area contributed by atoms with Crippen molar-refractivity contribution >= 4 is 11.9 Å². The second-order valence-corrected chi connectivity index (χ2v) is 6.40. The Hall–Kier alpha value is -1.06. The number of rotatable bonds is 7. The van der Waals surface area contributed by atoms with Crippen molar-refractivity contribution in [3.8, 4) is 0 Å². The molecular formula is C14H25NO3. The smallest absolute Gasteiger partial charge is 0.303 e. The number of hydrogen-bond acceptors (Lipinski definition) is 2. The molecule has 0 bridgehead atoms. The molecule has 0 radical (unpaired) electrons. The van der Waals surface area contributed by atoms with Gasteiger partial charge >= 0.3 is 5.97 Å². The van der Waals surface area contributed by atoms with Crippen LogP contribution in [0.25, 0.3) is 0 Å². The van der Waals surface area contributed by atoms with E-state index in [0.717, 1.165) is 6.54 Å². The lowest BCUT2D eigenvalue weighted by molar-refractivity contribution is -0.137. The molecule has 4 heteroatoms. The van der Waals surface area contributed by atoms with Crippen LogP contribution < -0.4 is 5.32 Å². The van der Waals surface area contributed by atoms with Gasteiger partial charge in [-0.2, -0.15) is 0 Å². The number of carboxylic acid groups (broad SMARTS) is 1. The van der Waals surface area contributed by atoms with Gasteiger partial charge in [-0.1, -0.05) is 27.7 Å². The molecule has 1 fully saturated rings. The zero-order valence-electron chi connectivity index (χ0n) is 11.9. The number of unbranched alkanes of at least 4 members (excludes halogenated alkanes) is 1. The van der Waals surface area contributed by atoms with Gasteiger partial charge in [0.1, 0.15) is 0 Å². The van der Waals surface area contributed by atoms with Crippen molar-refractivity contribution in [3.63, 3.8) is 0 Å². The summed E-state index contributed by atoms with van der Waals surface area (Å²) in [5.74, 6) is -0.219. The van der Waals surface area contributed by atoms with E-state index < -0.39 is 5.97 Å². The summed E-state index contributed by atoms with van der Waals surface area (Å²) in [5.41, 5.74) is 0.590. The van der Waals surface area contributed by atoms with E-state index in [1.807, 2.05) is 0 Å². The Labute approximate surface area is 109 Å². The Morgan fingerprint density at radius 1 is 1.06 bits per heavy atom. The Bertz CT molecular complexity index is 320. The first-order chi connectivity index (χ1) is 8.19. The van der Waals surface area contributed by atoms with E-state index in [1.165, 1.54) is 0 Å². The topological polar surface area (TPSA) is 66.4 Å². The molecule has 0 aromatic rings. The minimum absolute atomic E-state index is 0.0406. The number of hydrogen-bond donors (Lipinski definition) is 2. The zero-order chi connectivity index (χ0) is 14.0. The quantitative estimate of drug-likeness (QED) is 0.687. The van der Waals surface area contributed by atoms with Gasteiger partial charge < -0.3 is 10.4 Å². The number of amides is 1. The van der Waals surface area contributed by atoms with Gasteiger partial charge in [-0.05, 0) is 29.6 Å². The molecule has 2 N–H and O–H groups in total. The lowest BCUT2D eigenvalue weighted by atomic mass is 10.0. The van der Waals surface area contributed by atoms with E-state index in [9.17, 15) is 9.59 Å². The van der Waals surface area contributed by atoms with Crippen LogP contribution in [0.2, 0.25) is 0 Å². The minimum Gasteiger partial charge on any atom is -0.481 e. The third kappa shape index (κ3) is 3.24. The molecule has 0 unspecified atom stereocenters. The van der Waals surface area contributed by atoms with E-state index in [0.29, 0.717) is 36.0 Å². The predicted molar refractivity (Wildman–Crippen MR) is 70.2 cm³/mol. The normalized spacial score (nSPS) is 20.4. The third-order valence-electron chi connectivity index (χ3n) is 4.87. The molecule has 0 aromatic carbocycles. The van der Waals surface area contributed by atoms with Crippen molar-refractivity contribution in [2.24, 2.45) is 16.7 Å². The summed E-state index contributed by atoms with van der Waals surface area (Å²) in [6, 6.07) is 0. The number of nitrogens with one attached hydrogen (secondary N) is 1. The highest BCUT2D eigenvalue weighted by atomic mass is 16.4. The molecule has 104 valence electrons. The standard InChI is InChI=1S/C14H25NO3/c1-13(2)10(14(13,3)4)9-15-11(16)7-5-6-8-12(17)18/h10H,5-9H2,1-4H3,(H,15,16)(H,17,18). The number of aliphatic carboxylic acids is 1. The van der Waals surface area contributed by atoms with Crippen molar-refractivity contribution < 1.29 is 14.7 Å². The molecule has 1 aliphatic carbocycles. The Balaban J connectivity index is 2.14. The second kappa shape index (κ2) is 5.29. The van der Waals surface area contributed by atoms with E-state index in [2.05, 4.69) is 33.0 Å². The summed E-state index contributed by atoms with van der Waals surface area (Å²) < 4.78 is 0. The zero-order valence-corrected chi connectivity index (χ0v) is 11.9. The van der Waals surface area contributed by atoms with Gasteiger partial charge in [0.15, 0.2) is 0 Å². The lowest BCUT2D eigenvalue weighted by Gasteiger charge is -2.06. The van der Waals surface area contributed by atoms with Crippen LogP contribution in [-0.2, 0) is 9.59 Å². The summed E-state index contributed by atoms with van der Waals surface area (Å²) in [4.78, 5) is 21.9. The number of carbonyl (C=O) groups is 2. The van der Waals surface area contributed by atoms with Gasteiger partial charge in [-0.15, -0.1) is 0 Å². The molecule has 1 saturated carbocycles. The maximum Gasteiger partial charge on any atom is 0.303 e. The maximum atomic E-state index is 11.6. The van der Waals surface area contributed by atoms with Crippen molar-refractivity contribution in [2.75, 3.05) is 6.54 Å². The fourth-order valence-electron chi connectivity index (χ4n) is 2.71. The predicted octanol–water partition coefficient (Wildman–Crippen LogP) is 2.43. The van der Waals surface area contributed by atoms with Crippen molar-refractivity contribution in [2.45, 2.75) is 53.4 Å². The maximum absolute atomic E-state index is 11.6. The lowest BCUT2D eigenvalue weighted by Crippen LogP contribution is -2.26. The van der Waals surface area contributed by atoms with Crippen LogP contribution in [0, 0.1) is 16.7 Å². The van der Waals surface area contributed by atoms with Crippen molar-refractivity contribution in [3.05, 3.63) is 0 Å². The Kier molecular flexibility index (Phi) is 4.41. The van der Waals surface area contributed by atoms with Gasteiger partial charge in [0.25, 0.3) is 0 Å². The Morgan fingerprint density at radius 2 is 1.56 bits per heavy atom. The van der Waals surface area contributed by atoms with E-state index >= 15 is 0 Å². The summed E-state index contributed by atoms with van der Waals surface area (Å²) in [6.07, 6.45) is 1.80. The summed E-state index contributed by atoms with van der Waals surface area (Å²) >= 11 is 0. The molecule has 0 spiro atoms. The van der Waals surface area contributed by atoms with Crippen LogP contribution in [0.4, 0.5) is 0 Å². The van der Waals surface area contributed by atoms with Crippen LogP contribution in [0.3, 0.4) is 0 Å². The SMILES string of the molecule is CC1(C)C(CNC(=O)CCCCC(=O)O)C1(C)C. The van der Waals surface area contributed by atoms with Crippen LogP contribution in [0.15, 0.2) is 0 Å². The first-order valence-corrected chi connectivity index (χ1v) is 6.68. The van der Waals surface area contributed by atoms with Crippen LogP contribution in [-0.4, -0.2) is 23.5 Å². The first-order valence-electron chi connectivity index (χ1n) is 6.68. The highest BCUT2D eigenvalue weighted by Crippen LogP contribution is 2.67. The Morgan fingerprint density at radius 3 is 2.00 bits per heavy atom.